The van der Waals surface area contributed by atoms with Crippen LogP contribution in [-0.4, -0.2) is 68.7 Å². The third-order valence-electron chi connectivity index (χ3n) is 4.58. The maximum Gasteiger partial charge on any atom is 0.469 e. The molecule has 0 fully saturated rings. The minimum atomic E-state index is -7.25. The van der Waals surface area contributed by atoms with Gasteiger partial charge in [-0.05, 0) is 12.1 Å². The third-order valence-corrected chi connectivity index (χ3v) is 8.60. The summed E-state index contributed by atoms with van der Waals surface area (Å²) in [6.07, 6.45) is -2.31. The zero-order valence-corrected chi connectivity index (χ0v) is 20.2. The molecule has 0 atom stereocenters. The van der Waals surface area contributed by atoms with E-state index in [1.165, 1.54) is 0 Å². The van der Waals surface area contributed by atoms with Gasteiger partial charge in [0.05, 0.1) is 24.8 Å². The van der Waals surface area contributed by atoms with Crippen molar-refractivity contribution in [2.45, 2.75) is 17.4 Å². The number of sulfone groups is 2. The Morgan fingerprint density at radius 3 is 1.76 bits per heavy atom. The predicted octanol–water partition coefficient (Wildman–Crippen LogP) is 2.25. The van der Waals surface area contributed by atoms with E-state index in [0.717, 1.165) is 31.4 Å². The Morgan fingerprint density at radius 1 is 0.947 bits per heavy atom. The molecule has 0 spiro atoms. The number of carbonyl (C=O) groups excluding carboxylic acids is 2. The quantitative estimate of drug-likeness (QED) is 0.143. The lowest BCUT2D eigenvalue weighted by atomic mass is 10.1. The lowest BCUT2D eigenvalue weighted by Crippen LogP contribution is -2.41. The van der Waals surface area contributed by atoms with Gasteiger partial charge in [-0.15, -0.1) is 6.42 Å². The van der Waals surface area contributed by atoms with Gasteiger partial charge in [0.2, 0.25) is 0 Å². The van der Waals surface area contributed by atoms with Gasteiger partial charge >= 0.3 is 23.0 Å². The molecule has 0 N–H and O–H groups in total. The molecule has 1 aromatic carbocycles. The van der Waals surface area contributed by atoms with E-state index in [-0.39, 0.29) is 4.68 Å². The number of methoxy groups -OCH3 is 2. The summed E-state index contributed by atoms with van der Waals surface area (Å²) >= 11 is 0. The zero-order valence-electron chi connectivity index (χ0n) is 18.5. The number of nitro benzene ring substituents is 1. The second-order valence-corrected chi connectivity index (χ2v) is 11.0. The number of alkyl halides is 6. The maximum atomic E-state index is 13.3. The predicted molar refractivity (Wildman–Crippen MR) is 110 cm³/mol. The van der Waals surface area contributed by atoms with E-state index in [0.29, 0.717) is 7.11 Å². The van der Waals surface area contributed by atoms with Crippen LogP contribution in [0.3, 0.4) is 0 Å². The van der Waals surface area contributed by atoms with E-state index in [1.807, 2.05) is 0 Å². The number of hydrogen-bond donors (Lipinski definition) is 0. The van der Waals surface area contributed by atoms with Crippen LogP contribution in [-0.2, 0) is 35.6 Å². The largest absolute Gasteiger partial charge is 0.469 e. The van der Waals surface area contributed by atoms with E-state index in [4.69, 9.17) is 0 Å². The minimum absolute atomic E-state index is 0.236. The number of benzene rings is 1. The molecule has 1 aromatic heterocycles. The SMILES string of the molecule is COC(=O)c1nn(-c2ccc([N+](=O)[O-])cc2)c(C[C-](S(=O)(=O)C(F)(F)F)S(=O)(=O)C(F)(F)F)c1C(=O)OC. The Morgan fingerprint density at radius 2 is 1.39 bits per heavy atom. The molecule has 21 heteroatoms. The second-order valence-electron chi connectivity index (χ2n) is 6.79. The summed E-state index contributed by atoms with van der Waals surface area (Å²) in [5, 5.41) is 14.4. The maximum absolute atomic E-state index is 13.3. The van der Waals surface area contributed by atoms with Crippen LogP contribution in [0.25, 0.3) is 5.69 Å². The van der Waals surface area contributed by atoms with Gasteiger partial charge in [0.1, 0.15) is 25.2 Å². The summed E-state index contributed by atoms with van der Waals surface area (Å²) in [5.41, 5.74) is -17.9. The van der Waals surface area contributed by atoms with Crippen molar-refractivity contribution in [3.63, 3.8) is 0 Å². The smallest absolute Gasteiger partial charge is 0.465 e. The number of hydrogen-bond acceptors (Lipinski definition) is 11. The van der Waals surface area contributed by atoms with Crippen LogP contribution in [0.2, 0.25) is 0 Å². The molecule has 1 heterocycles. The van der Waals surface area contributed by atoms with E-state index in [9.17, 15) is 62.9 Å². The first-order chi connectivity index (χ1) is 17.2. The van der Waals surface area contributed by atoms with E-state index in [2.05, 4.69) is 14.6 Å². The monoisotopic (exact) mass is 596 g/mol. The number of nitrogens with zero attached hydrogens (tertiary/aromatic N) is 3. The molecule has 0 aliphatic rings. The first-order valence-electron chi connectivity index (χ1n) is 9.24. The summed E-state index contributed by atoms with van der Waals surface area (Å²) in [6, 6.07) is 3.12. The number of carbonyl (C=O) groups is 2. The highest BCUT2D eigenvalue weighted by molar-refractivity contribution is 8.13. The van der Waals surface area contributed by atoms with Crippen molar-refractivity contribution in [2.24, 2.45) is 0 Å². The fourth-order valence-corrected chi connectivity index (χ4v) is 5.72. The lowest BCUT2D eigenvalue weighted by Gasteiger charge is -2.31. The lowest BCUT2D eigenvalue weighted by molar-refractivity contribution is -0.384. The van der Waals surface area contributed by atoms with Crippen LogP contribution in [0.4, 0.5) is 32.0 Å². The van der Waals surface area contributed by atoms with Gasteiger partial charge in [-0.25, -0.2) is 14.3 Å². The fourth-order valence-electron chi connectivity index (χ4n) is 2.83. The van der Waals surface area contributed by atoms with Crippen LogP contribution in [0.15, 0.2) is 24.3 Å². The molecular weight excluding hydrogens is 584 g/mol. The highest BCUT2D eigenvalue weighted by Gasteiger charge is 2.54. The van der Waals surface area contributed by atoms with Crippen LogP contribution in [0.5, 0.6) is 0 Å². The summed E-state index contributed by atoms with van der Waals surface area (Å²) in [4.78, 5) is 34.6. The molecular formula is C17H12F6N3O10S2-. The number of rotatable bonds is 8. The molecule has 0 bridgehead atoms. The Bertz CT molecular complexity index is 1440. The first kappa shape index (κ1) is 30.5. The molecule has 2 rings (SSSR count). The van der Waals surface area contributed by atoms with Crippen molar-refractivity contribution < 1.29 is 67.2 Å². The molecule has 38 heavy (non-hydrogen) atoms. The van der Waals surface area contributed by atoms with Crippen LogP contribution >= 0.6 is 0 Å². The van der Waals surface area contributed by atoms with Crippen molar-refractivity contribution in [1.82, 2.24) is 9.78 Å². The summed E-state index contributed by atoms with van der Waals surface area (Å²) in [7, 11) is -13.1. The number of non-ortho nitro benzene ring substituents is 1. The van der Waals surface area contributed by atoms with Crippen LogP contribution in [0, 0.1) is 14.7 Å². The molecule has 2 aromatic rings. The second kappa shape index (κ2) is 10.2. The molecule has 210 valence electrons. The summed E-state index contributed by atoms with van der Waals surface area (Å²) < 4.78 is 133. The van der Waals surface area contributed by atoms with Crippen molar-refractivity contribution in [3.8, 4) is 5.69 Å². The van der Waals surface area contributed by atoms with Crippen molar-refractivity contribution in [1.29, 1.82) is 0 Å². The third kappa shape index (κ3) is 5.42. The Kier molecular flexibility index (Phi) is 8.17. The standard InChI is InChI=1S/C17H12F6N3O10S2/c1-35-14(27)12-10(7-11(37(31,32)16(18,19)20)38(33,34)17(21,22)23)25(24-13(12)15(28)36-2)8-3-5-9(6-4-8)26(29)30/h3-6H,7H2,1-2H3/q-1. The van der Waals surface area contributed by atoms with Crippen molar-refractivity contribution in [2.75, 3.05) is 14.2 Å². The summed E-state index contributed by atoms with van der Waals surface area (Å²) in [6.45, 7) is 0. The normalized spacial score (nSPS) is 12.9. The minimum Gasteiger partial charge on any atom is -0.465 e. The molecule has 0 amide bonds. The van der Waals surface area contributed by atoms with Gasteiger partial charge < -0.3 is 9.47 Å². The Labute approximate surface area is 207 Å². The number of halogens is 6. The van der Waals surface area contributed by atoms with E-state index in [1.54, 1.807) is 0 Å². The molecule has 13 nitrogen and oxygen atoms in total. The van der Waals surface area contributed by atoms with Gasteiger partial charge in [0.25, 0.3) is 5.69 Å². The fraction of sp³-hybridized carbons (Fsp3) is 0.294. The van der Waals surface area contributed by atoms with Crippen molar-refractivity contribution >= 4 is 37.3 Å². The average Bonchev–Trinajstić information content (AvgIpc) is 3.19. The number of ether oxygens (including phenoxy) is 2. The molecule has 0 saturated carbocycles. The summed E-state index contributed by atoms with van der Waals surface area (Å²) in [5.74, 6) is -3.19. The van der Waals surface area contributed by atoms with Gasteiger partial charge in [-0.2, -0.15) is 31.4 Å². The van der Waals surface area contributed by atoms with Crippen LogP contribution < -0.4 is 0 Å². The zero-order chi connectivity index (χ0) is 29.4. The van der Waals surface area contributed by atoms with Crippen LogP contribution in [0.1, 0.15) is 26.5 Å². The first-order valence-corrected chi connectivity index (χ1v) is 12.2. The van der Waals surface area contributed by atoms with E-state index >= 15 is 0 Å². The molecule has 0 aliphatic carbocycles. The van der Waals surface area contributed by atoms with E-state index < -0.39 is 86.9 Å². The van der Waals surface area contributed by atoms with Gasteiger partial charge in [0, 0.05) is 17.8 Å². The molecule has 0 radical (unpaired) electrons. The molecule has 0 aliphatic heterocycles. The number of nitro groups is 1. The Hall–Kier alpha value is -3.75. The number of aromatic nitrogens is 2. The van der Waals surface area contributed by atoms with Crippen molar-refractivity contribution in [3.05, 3.63) is 55.9 Å². The Balaban J connectivity index is 3.03. The van der Waals surface area contributed by atoms with Gasteiger partial charge in [-0.3, -0.25) is 26.9 Å². The average molecular weight is 596 g/mol. The highest BCUT2D eigenvalue weighted by Crippen LogP contribution is 2.43. The number of esters is 2. The highest BCUT2D eigenvalue weighted by atomic mass is 32.3. The van der Waals surface area contributed by atoms with Gasteiger partial charge in [0.15, 0.2) is 5.69 Å². The molecule has 0 unspecified atom stereocenters. The molecule has 0 saturated heterocycles. The topological polar surface area (TPSA) is 182 Å². The van der Waals surface area contributed by atoms with Gasteiger partial charge in [-0.1, -0.05) is 4.58 Å².